The van der Waals surface area contributed by atoms with Crippen LogP contribution in [0.25, 0.3) is 10.9 Å². The molecule has 1 atom stereocenters. The number of benzene rings is 1. The SMILES string of the molecule is O=C1CC(SCc2ccco2)C(=O)N1c1ccc2cc[nH]c2c1. The van der Waals surface area contributed by atoms with Crippen molar-refractivity contribution >= 4 is 40.2 Å². The second kappa shape index (κ2) is 5.62. The maximum atomic E-state index is 12.6. The van der Waals surface area contributed by atoms with Gasteiger partial charge in [-0.25, -0.2) is 4.90 Å². The quantitative estimate of drug-likeness (QED) is 0.747. The average Bonchev–Trinajstić information content (AvgIpc) is 3.25. The van der Waals surface area contributed by atoms with E-state index in [1.807, 2.05) is 42.6 Å². The molecule has 6 heteroatoms. The highest BCUT2D eigenvalue weighted by molar-refractivity contribution is 7.99. The molecule has 5 nitrogen and oxygen atoms in total. The summed E-state index contributed by atoms with van der Waals surface area (Å²) in [7, 11) is 0. The number of aromatic nitrogens is 1. The van der Waals surface area contributed by atoms with Crippen molar-refractivity contribution in [2.24, 2.45) is 0 Å². The van der Waals surface area contributed by atoms with Gasteiger partial charge in [0.25, 0.3) is 0 Å². The fourth-order valence-corrected chi connectivity index (χ4v) is 3.80. The van der Waals surface area contributed by atoms with Crippen LogP contribution in [-0.2, 0) is 15.3 Å². The molecule has 116 valence electrons. The van der Waals surface area contributed by atoms with Crippen LogP contribution >= 0.6 is 11.8 Å². The zero-order valence-corrected chi connectivity index (χ0v) is 13.0. The van der Waals surface area contributed by atoms with Crippen LogP contribution in [-0.4, -0.2) is 22.0 Å². The lowest BCUT2D eigenvalue weighted by molar-refractivity contribution is -0.121. The lowest BCUT2D eigenvalue weighted by Gasteiger charge is -2.15. The number of hydrogen-bond donors (Lipinski definition) is 1. The number of imide groups is 1. The number of H-pyrrole nitrogens is 1. The van der Waals surface area contributed by atoms with Crippen LogP contribution < -0.4 is 4.90 Å². The van der Waals surface area contributed by atoms with Gasteiger partial charge in [0.2, 0.25) is 11.8 Å². The van der Waals surface area contributed by atoms with Gasteiger partial charge < -0.3 is 9.40 Å². The lowest BCUT2D eigenvalue weighted by Crippen LogP contribution is -2.31. The van der Waals surface area contributed by atoms with Gasteiger partial charge in [0.05, 0.1) is 23.0 Å². The molecule has 1 saturated heterocycles. The summed E-state index contributed by atoms with van der Waals surface area (Å²) in [5.74, 6) is 1.08. The van der Waals surface area contributed by atoms with E-state index in [9.17, 15) is 9.59 Å². The zero-order chi connectivity index (χ0) is 15.8. The first-order chi connectivity index (χ1) is 11.2. The largest absolute Gasteiger partial charge is 0.468 e. The summed E-state index contributed by atoms with van der Waals surface area (Å²) in [5, 5.41) is 0.698. The van der Waals surface area contributed by atoms with Crippen LogP contribution in [0.15, 0.2) is 53.3 Å². The van der Waals surface area contributed by atoms with Crippen molar-refractivity contribution in [2.45, 2.75) is 17.4 Å². The molecule has 1 N–H and O–H groups in total. The first kappa shape index (κ1) is 14.1. The minimum atomic E-state index is -0.355. The third-order valence-corrected chi connectivity index (χ3v) is 5.13. The fraction of sp³-hybridized carbons (Fsp3) is 0.176. The van der Waals surface area contributed by atoms with E-state index >= 15 is 0 Å². The minimum absolute atomic E-state index is 0.155. The number of anilines is 1. The number of fused-ring (bicyclic) bond motifs is 1. The van der Waals surface area contributed by atoms with E-state index < -0.39 is 0 Å². The summed E-state index contributed by atoms with van der Waals surface area (Å²) in [6, 6.07) is 11.2. The molecule has 0 saturated carbocycles. The molecule has 0 bridgehead atoms. The predicted octanol–water partition coefficient (Wildman–Crippen LogP) is 3.33. The summed E-state index contributed by atoms with van der Waals surface area (Å²) in [5.41, 5.74) is 1.53. The minimum Gasteiger partial charge on any atom is -0.468 e. The molecule has 3 heterocycles. The molecule has 2 aromatic heterocycles. The van der Waals surface area contributed by atoms with E-state index in [1.165, 1.54) is 16.7 Å². The number of carbonyl (C=O) groups is 2. The monoisotopic (exact) mass is 326 g/mol. The zero-order valence-electron chi connectivity index (χ0n) is 12.2. The van der Waals surface area contributed by atoms with Gasteiger partial charge in [0, 0.05) is 18.1 Å². The molecule has 0 radical (unpaired) electrons. The highest BCUT2D eigenvalue weighted by Crippen LogP contribution is 2.32. The van der Waals surface area contributed by atoms with Gasteiger partial charge in [-0.2, -0.15) is 0 Å². The number of rotatable bonds is 4. The van der Waals surface area contributed by atoms with E-state index in [4.69, 9.17) is 4.42 Å². The number of carbonyl (C=O) groups excluding carboxylic acids is 2. The third-order valence-electron chi connectivity index (χ3n) is 3.91. The molecule has 1 aliphatic heterocycles. The van der Waals surface area contributed by atoms with E-state index in [0.29, 0.717) is 11.4 Å². The Morgan fingerprint density at radius 2 is 2.17 bits per heavy atom. The van der Waals surface area contributed by atoms with Crippen LogP contribution in [0, 0.1) is 0 Å². The number of furan rings is 1. The van der Waals surface area contributed by atoms with Crippen molar-refractivity contribution in [3.05, 3.63) is 54.6 Å². The Balaban J connectivity index is 1.54. The molecular weight excluding hydrogens is 312 g/mol. The molecule has 0 aliphatic carbocycles. The highest BCUT2D eigenvalue weighted by atomic mass is 32.2. The summed E-state index contributed by atoms with van der Waals surface area (Å²) in [4.78, 5) is 29.3. The van der Waals surface area contributed by atoms with E-state index in [0.717, 1.165) is 16.7 Å². The number of hydrogen-bond acceptors (Lipinski definition) is 4. The first-order valence-electron chi connectivity index (χ1n) is 7.30. The van der Waals surface area contributed by atoms with Gasteiger partial charge in [-0.05, 0) is 35.7 Å². The Hall–Kier alpha value is -2.47. The molecule has 1 unspecified atom stereocenters. The van der Waals surface area contributed by atoms with Gasteiger partial charge >= 0.3 is 0 Å². The van der Waals surface area contributed by atoms with Crippen LogP contribution in [0.4, 0.5) is 5.69 Å². The number of thioether (sulfide) groups is 1. The smallest absolute Gasteiger partial charge is 0.247 e. The fourth-order valence-electron chi connectivity index (χ4n) is 2.76. The molecule has 23 heavy (non-hydrogen) atoms. The summed E-state index contributed by atoms with van der Waals surface area (Å²) >= 11 is 1.44. The Bertz CT molecular complexity index is 869. The van der Waals surface area contributed by atoms with Crippen LogP contribution in [0.1, 0.15) is 12.2 Å². The Kier molecular flexibility index (Phi) is 3.46. The van der Waals surface area contributed by atoms with Crippen molar-refractivity contribution in [3.8, 4) is 0 Å². The maximum Gasteiger partial charge on any atom is 0.247 e. The molecule has 4 rings (SSSR count). The molecule has 1 fully saturated rings. The van der Waals surface area contributed by atoms with Crippen molar-refractivity contribution in [2.75, 3.05) is 4.90 Å². The topological polar surface area (TPSA) is 66.3 Å². The average molecular weight is 326 g/mol. The second-order valence-electron chi connectivity index (χ2n) is 5.40. The molecule has 1 aromatic carbocycles. The summed E-state index contributed by atoms with van der Waals surface area (Å²) in [6.07, 6.45) is 3.67. The van der Waals surface area contributed by atoms with E-state index in [-0.39, 0.29) is 23.5 Å². The van der Waals surface area contributed by atoms with Gasteiger partial charge in [0.1, 0.15) is 5.76 Å². The van der Waals surface area contributed by atoms with Crippen LogP contribution in [0.3, 0.4) is 0 Å². The Morgan fingerprint density at radius 3 is 3.00 bits per heavy atom. The van der Waals surface area contributed by atoms with Crippen molar-refractivity contribution in [3.63, 3.8) is 0 Å². The van der Waals surface area contributed by atoms with Crippen molar-refractivity contribution < 1.29 is 14.0 Å². The predicted molar refractivity (Wildman–Crippen MR) is 89.2 cm³/mol. The van der Waals surface area contributed by atoms with Crippen molar-refractivity contribution in [1.82, 2.24) is 4.98 Å². The van der Waals surface area contributed by atoms with E-state index in [1.54, 1.807) is 6.26 Å². The molecule has 1 aliphatic rings. The van der Waals surface area contributed by atoms with Gasteiger partial charge in [0.15, 0.2) is 0 Å². The lowest BCUT2D eigenvalue weighted by atomic mass is 10.2. The maximum absolute atomic E-state index is 12.6. The molecule has 0 spiro atoms. The number of nitrogens with one attached hydrogen (secondary N) is 1. The number of aromatic amines is 1. The summed E-state index contributed by atoms with van der Waals surface area (Å²) in [6.45, 7) is 0. The van der Waals surface area contributed by atoms with Gasteiger partial charge in [-0.1, -0.05) is 6.07 Å². The molecule has 3 aromatic rings. The van der Waals surface area contributed by atoms with Crippen molar-refractivity contribution in [1.29, 1.82) is 0 Å². The third kappa shape index (κ3) is 2.55. The second-order valence-corrected chi connectivity index (χ2v) is 6.59. The van der Waals surface area contributed by atoms with Gasteiger partial charge in [-0.3, -0.25) is 9.59 Å². The van der Waals surface area contributed by atoms with Gasteiger partial charge in [-0.15, -0.1) is 11.8 Å². The number of amides is 2. The Labute approximate surface area is 136 Å². The standard InChI is InChI=1S/C17H14N2O3S/c20-16-9-15(23-10-13-2-1-7-22-13)17(21)19(16)12-4-3-11-5-6-18-14(11)8-12/h1-8,15,18H,9-10H2. The van der Waals surface area contributed by atoms with E-state index in [2.05, 4.69) is 4.98 Å². The molecular formula is C17H14N2O3S. The highest BCUT2D eigenvalue weighted by Gasteiger charge is 2.39. The Morgan fingerprint density at radius 1 is 1.26 bits per heavy atom. The van der Waals surface area contributed by atoms with Crippen LogP contribution in [0.2, 0.25) is 0 Å². The van der Waals surface area contributed by atoms with Crippen LogP contribution in [0.5, 0.6) is 0 Å². The number of nitrogens with zero attached hydrogens (tertiary/aromatic N) is 1. The summed E-state index contributed by atoms with van der Waals surface area (Å²) < 4.78 is 5.27. The first-order valence-corrected chi connectivity index (χ1v) is 8.35. The normalized spacial score (nSPS) is 18.3. The molecule has 2 amide bonds.